The molecule has 9 heteroatoms. The van der Waals surface area contributed by atoms with Crippen molar-refractivity contribution < 1.29 is 28.8 Å². The molecule has 0 saturated heterocycles. The lowest BCUT2D eigenvalue weighted by Gasteiger charge is -2.18. The Bertz CT molecular complexity index is 1130. The minimum Gasteiger partial charge on any atom is -0.477 e. The molecule has 2 aromatic carbocycles. The van der Waals surface area contributed by atoms with Crippen LogP contribution in [0.4, 0.5) is 11.5 Å². The summed E-state index contributed by atoms with van der Waals surface area (Å²) >= 11 is 0. The molecular formula is C25H31N3O6. The number of carboxylic acid groups (broad SMARTS) is 1. The van der Waals surface area contributed by atoms with E-state index < -0.39 is 5.97 Å². The third-order valence-corrected chi connectivity index (χ3v) is 5.15. The number of anilines is 2. The highest BCUT2D eigenvalue weighted by molar-refractivity contribution is 5.98. The summed E-state index contributed by atoms with van der Waals surface area (Å²) in [6.07, 6.45) is 0. The van der Waals surface area contributed by atoms with Crippen LogP contribution in [0.1, 0.15) is 36.7 Å². The number of hydrogen-bond donors (Lipinski definition) is 2. The summed E-state index contributed by atoms with van der Waals surface area (Å²) in [4.78, 5) is 12.1. The predicted octanol–water partition coefficient (Wildman–Crippen LogP) is 4.79. The largest absolute Gasteiger partial charge is 0.477 e. The fourth-order valence-corrected chi connectivity index (χ4v) is 3.36. The predicted molar refractivity (Wildman–Crippen MR) is 129 cm³/mol. The Labute approximate surface area is 199 Å². The van der Waals surface area contributed by atoms with Crippen molar-refractivity contribution in [2.45, 2.75) is 26.2 Å². The lowest BCUT2D eigenvalue weighted by Crippen LogP contribution is -2.11. The zero-order valence-corrected chi connectivity index (χ0v) is 20.3. The summed E-state index contributed by atoms with van der Waals surface area (Å²) in [6.45, 7) is 6.38. The SMILES string of the molecule is COCOc1cc(Nc2cc(-c3ccc(C(C)(C)C)cc3)nn2C)c(C(=O)O)c(OCOC)c1. The van der Waals surface area contributed by atoms with E-state index in [1.165, 1.54) is 25.8 Å². The van der Waals surface area contributed by atoms with Crippen molar-refractivity contribution in [3.63, 3.8) is 0 Å². The molecule has 3 aromatic rings. The van der Waals surface area contributed by atoms with Crippen LogP contribution >= 0.6 is 0 Å². The van der Waals surface area contributed by atoms with Gasteiger partial charge in [0.25, 0.3) is 0 Å². The molecule has 9 nitrogen and oxygen atoms in total. The van der Waals surface area contributed by atoms with E-state index in [4.69, 9.17) is 18.9 Å². The number of aromatic carboxylic acids is 1. The summed E-state index contributed by atoms with van der Waals surface area (Å²) in [5, 5.41) is 17.6. The lowest BCUT2D eigenvalue weighted by molar-refractivity contribution is 0.0446. The van der Waals surface area contributed by atoms with Gasteiger partial charge in [-0.05, 0) is 11.0 Å². The monoisotopic (exact) mass is 469 g/mol. The molecular weight excluding hydrogens is 438 g/mol. The molecule has 1 heterocycles. The van der Waals surface area contributed by atoms with E-state index in [2.05, 4.69) is 43.3 Å². The first-order valence-corrected chi connectivity index (χ1v) is 10.7. The fraction of sp³-hybridized carbons (Fsp3) is 0.360. The van der Waals surface area contributed by atoms with Crippen LogP contribution in [0.3, 0.4) is 0 Å². The van der Waals surface area contributed by atoms with Crippen LogP contribution in [-0.2, 0) is 21.9 Å². The molecule has 0 atom stereocenters. The number of carbonyl (C=O) groups is 1. The molecule has 0 bridgehead atoms. The van der Waals surface area contributed by atoms with Gasteiger partial charge in [0.1, 0.15) is 22.9 Å². The van der Waals surface area contributed by atoms with Crippen molar-refractivity contribution in [3.8, 4) is 22.8 Å². The molecule has 2 N–H and O–H groups in total. The Hall–Kier alpha value is -3.56. The summed E-state index contributed by atoms with van der Waals surface area (Å²) in [5.41, 5.74) is 3.22. The topological polar surface area (TPSA) is 104 Å². The summed E-state index contributed by atoms with van der Waals surface area (Å²) in [7, 11) is 4.73. The van der Waals surface area contributed by atoms with Gasteiger partial charge in [0.05, 0.1) is 11.4 Å². The standard InChI is InChI=1S/C25H31N3O6/c1-25(2,3)17-9-7-16(8-10-17)19-13-22(28(4)27-19)26-20-11-18(33-14-31-5)12-21(34-15-32-6)23(20)24(29)30/h7-13,26H,14-15H2,1-6H3,(H,29,30). The first-order chi connectivity index (χ1) is 16.1. The molecule has 1 aromatic heterocycles. The van der Waals surface area contributed by atoms with Gasteiger partial charge < -0.3 is 29.4 Å². The van der Waals surface area contributed by atoms with E-state index in [0.717, 1.165) is 11.3 Å². The van der Waals surface area contributed by atoms with Crippen molar-refractivity contribution >= 4 is 17.5 Å². The molecule has 0 aliphatic heterocycles. The Morgan fingerprint density at radius 3 is 2.26 bits per heavy atom. The summed E-state index contributed by atoms with van der Waals surface area (Å²) in [5.74, 6) is -0.0859. The molecule has 0 spiro atoms. The van der Waals surface area contributed by atoms with Crippen LogP contribution in [0, 0.1) is 0 Å². The van der Waals surface area contributed by atoms with Gasteiger partial charge in [-0.2, -0.15) is 5.10 Å². The van der Waals surface area contributed by atoms with Gasteiger partial charge in [-0.25, -0.2) is 4.79 Å². The minimum atomic E-state index is -1.16. The second kappa shape index (κ2) is 10.6. The molecule has 0 aliphatic rings. The third-order valence-electron chi connectivity index (χ3n) is 5.15. The molecule has 0 radical (unpaired) electrons. The van der Waals surface area contributed by atoms with Gasteiger partial charge in [-0.3, -0.25) is 4.68 Å². The highest BCUT2D eigenvalue weighted by Gasteiger charge is 2.21. The average Bonchev–Trinajstić information content (AvgIpc) is 3.15. The number of carboxylic acids is 1. The second-order valence-corrected chi connectivity index (χ2v) is 8.74. The zero-order chi connectivity index (χ0) is 24.9. The van der Waals surface area contributed by atoms with Crippen LogP contribution < -0.4 is 14.8 Å². The van der Waals surface area contributed by atoms with Gasteiger partial charge in [0.2, 0.25) is 0 Å². The van der Waals surface area contributed by atoms with Gasteiger partial charge >= 0.3 is 5.97 Å². The lowest BCUT2D eigenvalue weighted by atomic mass is 9.86. The number of rotatable bonds is 10. The van der Waals surface area contributed by atoms with E-state index in [0.29, 0.717) is 11.6 Å². The van der Waals surface area contributed by atoms with Crippen LogP contribution in [0.2, 0.25) is 0 Å². The molecule has 0 unspecified atom stereocenters. The number of aromatic nitrogens is 2. The number of ether oxygens (including phenoxy) is 4. The Balaban J connectivity index is 1.98. The van der Waals surface area contributed by atoms with E-state index in [1.54, 1.807) is 17.8 Å². The van der Waals surface area contributed by atoms with E-state index in [1.807, 2.05) is 18.2 Å². The number of aryl methyl sites for hydroxylation is 1. The Morgan fingerprint density at radius 1 is 1.03 bits per heavy atom. The highest BCUT2D eigenvalue weighted by Crippen LogP contribution is 2.35. The highest BCUT2D eigenvalue weighted by atomic mass is 16.7. The number of benzene rings is 2. The Morgan fingerprint density at radius 2 is 1.68 bits per heavy atom. The number of hydrogen-bond acceptors (Lipinski definition) is 7. The van der Waals surface area contributed by atoms with E-state index >= 15 is 0 Å². The zero-order valence-electron chi connectivity index (χ0n) is 20.3. The quantitative estimate of drug-likeness (QED) is 0.409. The van der Waals surface area contributed by atoms with Crippen molar-refractivity contribution in [1.82, 2.24) is 9.78 Å². The van der Waals surface area contributed by atoms with Crippen molar-refractivity contribution in [1.29, 1.82) is 0 Å². The average molecular weight is 470 g/mol. The van der Waals surface area contributed by atoms with Crippen LogP contribution in [0.15, 0.2) is 42.5 Å². The first kappa shape index (κ1) is 25.1. The Kier molecular flexibility index (Phi) is 7.80. The molecule has 0 aliphatic carbocycles. The number of methoxy groups -OCH3 is 2. The normalized spacial score (nSPS) is 11.4. The maximum atomic E-state index is 12.1. The summed E-state index contributed by atoms with van der Waals surface area (Å²) < 4.78 is 22.6. The van der Waals surface area contributed by atoms with Crippen LogP contribution in [0.5, 0.6) is 11.5 Å². The maximum absolute atomic E-state index is 12.1. The van der Waals surface area contributed by atoms with Crippen LogP contribution in [0.25, 0.3) is 11.3 Å². The molecule has 0 saturated carbocycles. The van der Waals surface area contributed by atoms with Crippen LogP contribution in [-0.4, -0.2) is 48.7 Å². The van der Waals surface area contributed by atoms with Crippen molar-refractivity contribution in [2.24, 2.45) is 7.05 Å². The smallest absolute Gasteiger partial charge is 0.341 e. The van der Waals surface area contributed by atoms with Crippen molar-refractivity contribution in [3.05, 3.63) is 53.6 Å². The van der Waals surface area contributed by atoms with Crippen molar-refractivity contribution in [2.75, 3.05) is 33.1 Å². The maximum Gasteiger partial charge on any atom is 0.341 e. The first-order valence-electron chi connectivity index (χ1n) is 10.7. The fourth-order valence-electron chi connectivity index (χ4n) is 3.36. The number of nitrogens with zero attached hydrogens (tertiary/aromatic N) is 2. The molecule has 34 heavy (non-hydrogen) atoms. The summed E-state index contributed by atoms with van der Waals surface area (Å²) in [6, 6.07) is 13.2. The molecule has 182 valence electrons. The van der Waals surface area contributed by atoms with E-state index in [-0.39, 0.29) is 36.0 Å². The van der Waals surface area contributed by atoms with Gasteiger partial charge in [-0.15, -0.1) is 0 Å². The molecule has 0 amide bonds. The molecule has 0 fully saturated rings. The third kappa shape index (κ3) is 5.86. The van der Waals surface area contributed by atoms with Gasteiger partial charge in [0, 0.05) is 45.0 Å². The molecule has 3 rings (SSSR count). The van der Waals surface area contributed by atoms with Gasteiger partial charge in [0.15, 0.2) is 13.6 Å². The minimum absolute atomic E-state index is 0.00397. The number of nitrogens with one attached hydrogen (secondary N) is 1. The second-order valence-electron chi connectivity index (χ2n) is 8.74. The van der Waals surface area contributed by atoms with Gasteiger partial charge in [-0.1, -0.05) is 45.0 Å². The van der Waals surface area contributed by atoms with E-state index in [9.17, 15) is 9.90 Å².